The van der Waals surface area contributed by atoms with Gasteiger partial charge < -0.3 is 4.57 Å². The van der Waals surface area contributed by atoms with E-state index in [9.17, 15) is 0 Å². The molecule has 0 fully saturated rings. The number of rotatable bonds is 1. The lowest BCUT2D eigenvalue weighted by molar-refractivity contribution is 0.963. The third-order valence-electron chi connectivity index (χ3n) is 3.42. The van der Waals surface area contributed by atoms with Gasteiger partial charge >= 0.3 is 0 Å². The lowest BCUT2D eigenvalue weighted by Crippen LogP contribution is -1.90. The monoisotopic (exact) mass is 267 g/mol. The van der Waals surface area contributed by atoms with E-state index in [1.165, 1.54) is 10.4 Å². The number of fused-ring (bicyclic) bond motifs is 1. The summed E-state index contributed by atoms with van der Waals surface area (Å²) in [6, 6.07) is 10.1. The molecule has 1 aromatic carbocycles. The number of benzene rings is 1. The van der Waals surface area contributed by atoms with E-state index in [1.807, 2.05) is 25.2 Å². The Morgan fingerprint density at radius 1 is 1.32 bits per heavy atom. The van der Waals surface area contributed by atoms with E-state index in [2.05, 4.69) is 35.5 Å². The molecule has 19 heavy (non-hydrogen) atoms. The normalized spacial score (nSPS) is 10.8. The highest BCUT2D eigenvalue weighted by atomic mass is 32.1. The predicted octanol–water partition coefficient (Wildman–Crippen LogP) is 3.79. The van der Waals surface area contributed by atoms with Crippen molar-refractivity contribution < 1.29 is 0 Å². The molecular weight excluding hydrogens is 254 g/mol. The standard InChI is InChI=1S/C15H13N3S/c1-9-7-13(19-10(9)2)15-17-14-11(8-16)5-4-6-12(14)18(15)3/h4-7H,1-3H3. The van der Waals surface area contributed by atoms with E-state index in [0.29, 0.717) is 5.56 Å². The molecular formula is C15H13N3S. The van der Waals surface area contributed by atoms with Crippen LogP contribution in [0, 0.1) is 25.2 Å². The zero-order valence-corrected chi connectivity index (χ0v) is 11.9. The molecule has 0 bridgehead atoms. The lowest BCUT2D eigenvalue weighted by atomic mass is 10.2. The molecule has 2 aromatic heterocycles. The van der Waals surface area contributed by atoms with Crippen LogP contribution in [-0.2, 0) is 7.05 Å². The summed E-state index contributed by atoms with van der Waals surface area (Å²) < 4.78 is 2.06. The predicted molar refractivity (Wildman–Crippen MR) is 78.2 cm³/mol. The first kappa shape index (κ1) is 11.9. The fraction of sp³-hybridized carbons (Fsp3) is 0.200. The molecule has 3 nitrogen and oxygen atoms in total. The van der Waals surface area contributed by atoms with E-state index in [1.54, 1.807) is 11.3 Å². The maximum absolute atomic E-state index is 9.16. The quantitative estimate of drug-likeness (QED) is 0.673. The van der Waals surface area contributed by atoms with Gasteiger partial charge in [-0.25, -0.2) is 4.98 Å². The van der Waals surface area contributed by atoms with Gasteiger partial charge in [0.25, 0.3) is 0 Å². The fourth-order valence-electron chi connectivity index (χ4n) is 2.21. The van der Waals surface area contributed by atoms with E-state index >= 15 is 0 Å². The third kappa shape index (κ3) is 1.74. The third-order valence-corrected chi connectivity index (χ3v) is 4.57. The van der Waals surface area contributed by atoms with Crippen LogP contribution in [0.2, 0.25) is 0 Å². The van der Waals surface area contributed by atoms with E-state index in [-0.39, 0.29) is 0 Å². The first-order valence-corrected chi connectivity index (χ1v) is 6.86. The van der Waals surface area contributed by atoms with Crippen molar-refractivity contribution in [2.75, 3.05) is 0 Å². The van der Waals surface area contributed by atoms with Gasteiger partial charge in [-0.15, -0.1) is 11.3 Å². The summed E-state index contributed by atoms with van der Waals surface area (Å²) in [6.45, 7) is 4.23. The van der Waals surface area contributed by atoms with Crippen LogP contribution in [0.5, 0.6) is 0 Å². The summed E-state index contributed by atoms with van der Waals surface area (Å²) in [5.41, 5.74) is 3.70. The Hall–Kier alpha value is -2.12. The van der Waals surface area contributed by atoms with Crippen LogP contribution >= 0.6 is 11.3 Å². The largest absolute Gasteiger partial charge is 0.326 e. The molecule has 0 unspecified atom stereocenters. The number of hydrogen-bond donors (Lipinski definition) is 0. The summed E-state index contributed by atoms with van der Waals surface area (Å²) >= 11 is 1.74. The first-order chi connectivity index (χ1) is 9.11. The van der Waals surface area contributed by atoms with Crippen molar-refractivity contribution in [2.24, 2.45) is 7.05 Å². The Labute approximate surface area is 115 Å². The smallest absolute Gasteiger partial charge is 0.151 e. The van der Waals surface area contributed by atoms with Crippen LogP contribution in [0.15, 0.2) is 24.3 Å². The Kier molecular flexibility index (Phi) is 2.65. The molecule has 94 valence electrons. The van der Waals surface area contributed by atoms with Gasteiger partial charge in [-0.3, -0.25) is 0 Å². The molecule has 0 saturated carbocycles. The number of para-hydroxylation sites is 1. The minimum Gasteiger partial charge on any atom is -0.326 e. The second-order valence-corrected chi connectivity index (χ2v) is 5.89. The molecule has 0 aliphatic carbocycles. The van der Waals surface area contributed by atoms with Crippen molar-refractivity contribution in [2.45, 2.75) is 13.8 Å². The zero-order chi connectivity index (χ0) is 13.6. The van der Waals surface area contributed by atoms with E-state index < -0.39 is 0 Å². The number of nitrogens with zero attached hydrogens (tertiary/aromatic N) is 3. The molecule has 0 saturated heterocycles. The molecule has 0 radical (unpaired) electrons. The Morgan fingerprint density at radius 2 is 2.11 bits per heavy atom. The Balaban J connectivity index is 2.31. The highest BCUT2D eigenvalue weighted by molar-refractivity contribution is 7.15. The molecule has 0 N–H and O–H groups in total. The molecule has 0 atom stereocenters. The van der Waals surface area contributed by atoms with Gasteiger partial charge in [0.15, 0.2) is 5.82 Å². The molecule has 3 aromatic rings. The van der Waals surface area contributed by atoms with Gasteiger partial charge in [0.05, 0.1) is 16.0 Å². The van der Waals surface area contributed by atoms with Gasteiger partial charge in [-0.2, -0.15) is 5.26 Å². The van der Waals surface area contributed by atoms with Gasteiger partial charge in [0, 0.05) is 11.9 Å². The van der Waals surface area contributed by atoms with Crippen LogP contribution in [0.3, 0.4) is 0 Å². The topological polar surface area (TPSA) is 41.6 Å². The molecule has 4 heteroatoms. The number of nitriles is 1. The molecule has 0 amide bonds. The van der Waals surface area contributed by atoms with Crippen molar-refractivity contribution in [1.29, 1.82) is 5.26 Å². The zero-order valence-electron chi connectivity index (χ0n) is 11.1. The number of aryl methyl sites for hydroxylation is 3. The molecule has 2 heterocycles. The highest BCUT2D eigenvalue weighted by Crippen LogP contribution is 2.32. The Bertz CT molecular complexity index is 798. The maximum atomic E-state index is 9.16. The van der Waals surface area contributed by atoms with Crippen LogP contribution < -0.4 is 0 Å². The fourth-order valence-corrected chi connectivity index (χ4v) is 3.27. The second-order valence-electron chi connectivity index (χ2n) is 4.63. The number of thiophene rings is 1. The average Bonchev–Trinajstić information content (AvgIpc) is 2.91. The first-order valence-electron chi connectivity index (χ1n) is 6.04. The minimum absolute atomic E-state index is 0.629. The van der Waals surface area contributed by atoms with Crippen molar-refractivity contribution in [3.63, 3.8) is 0 Å². The number of aromatic nitrogens is 2. The van der Waals surface area contributed by atoms with Crippen molar-refractivity contribution in [3.05, 3.63) is 40.3 Å². The summed E-state index contributed by atoms with van der Waals surface area (Å²) in [4.78, 5) is 7.12. The van der Waals surface area contributed by atoms with E-state index in [0.717, 1.165) is 21.7 Å². The molecule has 0 spiro atoms. The van der Waals surface area contributed by atoms with Crippen LogP contribution in [0.4, 0.5) is 0 Å². The molecule has 3 rings (SSSR count). The summed E-state index contributed by atoms with van der Waals surface area (Å²) in [5.74, 6) is 0.930. The maximum Gasteiger partial charge on any atom is 0.151 e. The van der Waals surface area contributed by atoms with Gasteiger partial charge in [-0.05, 0) is 37.6 Å². The highest BCUT2D eigenvalue weighted by Gasteiger charge is 2.14. The summed E-state index contributed by atoms with van der Waals surface area (Å²) in [5, 5.41) is 9.16. The molecule has 0 aliphatic heterocycles. The van der Waals surface area contributed by atoms with Crippen molar-refractivity contribution in [1.82, 2.24) is 9.55 Å². The van der Waals surface area contributed by atoms with Crippen LogP contribution in [0.25, 0.3) is 21.7 Å². The van der Waals surface area contributed by atoms with Crippen LogP contribution in [0.1, 0.15) is 16.0 Å². The van der Waals surface area contributed by atoms with E-state index in [4.69, 9.17) is 5.26 Å². The number of imidazole rings is 1. The lowest BCUT2D eigenvalue weighted by Gasteiger charge is -1.98. The minimum atomic E-state index is 0.629. The van der Waals surface area contributed by atoms with Crippen molar-refractivity contribution >= 4 is 22.4 Å². The van der Waals surface area contributed by atoms with Crippen LogP contribution in [-0.4, -0.2) is 9.55 Å². The molecule has 0 aliphatic rings. The van der Waals surface area contributed by atoms with Crippen molar-refractivity contribution in [3.8, 4) is 16.8 Å². The van der Waals surface area contributed by atoms with Gasteiger partial charge in [-0.1, -0.05) is 6.07 Å². The van der Waals surface area contributed by atoms with Gasteiger partial charge in [0.1, 0.15) is 11.6 Å². The SMILES string of the molecule is Cc1cc(-c2nc3c(C#N)cccc3n2C)sc1C. The summed E-state index contributed by atoms with van der Waals surface area (Å²) in [7, 11) is 2.00. The Morgan fingerprint density at radius 3 is 2.74 bits per heavy atom. The second kappa shape index (κ2) is 4.22. The number of hydrogen-bond acceptors (Lipinski definition) is 3. The van der Waals surface area contributed by atoms with Gasteiger partial charge in [0.2, 0.25) is 0 Å². The average molecular weight is 267 g/mol. The summed E-state index contributed by atoms with van der Waals surface area (Å²) in [6.07, 6.45) is 0.